The van der Waals surface area contributed by atoms with E-state index >= 15 is 0 Å². The summed E-state index contributed by atoms with van der Waals surface area (Å²) in [5.74, 6) is -0.385. The van der Waals surface area contributed by atoms with Gasteiger partial charge in [0.15, 0.2) is 5.75 Å². The molecule has 1 N–H and O–H groups in total. The number of halogens is 3. The van der Waals surface area contributed by atoms with Gasteiger partial charge in [0, 0.05) is 5.69 Å². The van der Waals surface area contributed by atoms with Crippen molar-refractivity contribution in [3.8, 4) is 39.1 Å². The molecule has 0 spiro atoms. The summed E-state index contributed by atoms with van der Waals surface area (Å²) in [6, 6.07) is 43.4. The maximum Gasteiger partial charge on any atom is 2.00 e. The molecule has 7 aromatic rings. The molecular weight excluding hydrogens is 749 g/mol. The molecule has 0 saturated carbocycles. The zero-order chi connectivity index (χ0) is 36.6. The molecule has 2 aliphatic rings. The number of fused-ring (bicyclic) bond motifs is 8. The van der Waals surface area contributed by atoms with Crippen molar-refractivity contribution in [2.24, 2.45) is 0 Å². The van der Waals surface area contributed by atoms with Gasteiger partial charge in [-0.2, -0.15) is 0 Å². The molecule has 0 unspecified atom stereocenters. The first-order valence-corrected chi connectivity index (χ1v) is 17.2. The third-order valence-corrected chi connectivity index (χ3v) is 9.17. The molecule has 4 aromatic carbocycles. The maximum absolute atomic E-state index is 13.5. The van der Waals surface area contributed by atoms with Gasteiger partial charge in [-0.25, -0.2) is 9.97 Å². The molecule has 0 amide bonds. The molecule has 0 fully saturated rings. The van der Waals surface area contributed by atoms with Gasteiger partial charge in [0.2, 0.25) is 0 Å². The summed E-state index contributed by atoms with van der Waals surface area (Å²) in [5.41, 5.74) is 10.8. The summed E-state index contributed by atoms with van der Waals surface area (Å²) in [5, 5.41) is 3.21. The number of rotatable bonds is 6. The third kappa shape index (κ3) is 7.12. The second-order valence-corrected chi connectivity index (χ2v) is 12.6. The van der Waals surface area contributed by atoms with Crippen molar-refractivity contribution in [2.75, 3.05) is 5.32 Å². The summed E-state index contributed by atoms with van der Waals surface area (Å²) < 4.78 is 45.0. The van der Waals surface area contributed by atoms with E-state index in [4.69, 9.17) is 19.9 Å². The van der Waals surface area contributed by atoms with Crippen molar-refractivity contribution in [3.05, 3.63) is 162 Å². The van der Waals surface area contributed by atoms with Crippen molar-refractivity contribution in [1.29, 1.82) is 0 Å². The number of alkyl halides is 3. The van der Waals surface area contributed by atoms with Crippen LogP contribution in [-0.4, -0.2) is 16.3 Å². The molecular formula is C45H28F3N5OZn. The molecule has 0 aliphatic carbocycles. The Labute approximate surface area is 326 Å². The Bertz CT molecular complexity index is 2720. The van der Waals surface area contributed by atoms with Crippen molar-refractivity contribution >= 4 is 57.7 Å². The van der Waals surface area contributed by atoms with E-state index in [2.05, 4.69) is 22.2 Å². The minimum atomic E-state index is -4.89. The number of hydrogen-bond donors (Lipinski definition) is 1. The number of hydrogen-bond acceptors (Lipinski definition) is 4. The number of para-hydroxylation sites is 2. The number of nitrogens with one attached hydrogen (secondary N) is 1. The van der Waals surface area contributed by atoms with Crippen LogP contribution in [0.3, 0.4) is 0 Å². The Morgan fingerprint density at radius 1 is 0.455 bits per heavy atom. The maximum atomic E-state index is 13.5. The van der Waals surface area contributed by atoms with E-state index in [-0.39, 0.29) is 30.9 Å². The molecule has 9 rings (SSSR count). The molecule has 3 aromatic heterocycles. The molecule has 55 heavy (non-hydrogen) atoms. The molecule has 2 aliphatic heterocycles. The van der Waals surface area contributed by atoms with Crippen LogP contribution in [0.2, 0.25) is 0 Å². The fourth-order valence-corrected chi connectivity index (χ4v) is 6.84. The number of anilines is 2. The topological polar surface area (TPSA) is 75.2 Å². The van der Waals surface area contributed by atoms with Crippen molar-refractivity contribution in [3.63, 3.8) is 0 Å². The number of aromatic nitrogens is 4. The monoisotopic (exact) mass is 775 g/mol. The summed E-state index contributed by atoms with van der Waals surface area (Å²) in [6.45, 7) is 0. The molecule has 10 heteroatoms. The van der Waals surface area contributed by atoms with Gasteiger partial charge in [-0.15, -0.1) is 35.2 Å². The first-order chi connectivity index (χ1) is 26.4. The van der Waals surface area contributed by atoms with Gasteiger partial charge < -0.3 is 20.0 Å². The van der Waals surface area contributed by atoms with Gasteiger partial charge in [-0.05, 0) is 69.8 Å². The Morgan fingerprint density at radius 3 is 1.31 bits per heavy atom. The fraction of sp³-hybridized carbons (Fsp3) is 0.0222. The van der Waals surface area contributed by atoms with E-state index in [1.165, 1.54) is 18.2 Å². The predicted octanol–water partition coefficient (Wildman–Crippen LogP) is 11.6. The molecule has 6 nitrogen and oxygen atoms in total. The van der Waals surface area contributed by atoms with E-state index in [1.54, 1.807) is 6.07 Å². The smallest absolute Gasteiger partial charge is 0.657 e. The molecule has 262 valence electrons. The van der Waals surface area contributed by atoms with Crippen LogP contribution in [0.25, 0.3) is 79.8 Å². The molecule has 8 bridgehead atoms. The normalized spacial score (nSPS) is 12.0. The second-order valence-electron chi connectivity index (χ2n) is 12.6. The van der Waals surface area contributed by atoms with Gasteiger partial charge in [-0.1, -0.05) is 127 Å². The van der Waals surface area contributed by atoms with Gasteiger partial charge >= 0.3 is 25.8 Å². The Balaban J connectivity index is 0.00000427. The Kier molecular flexibility index (Phi) is 9.51. The Morgan fingerprint density at radius 2 is 0.836 bits per heavy atom. The Hall–Kier alpha value is -6.51. The van der Waals surface area contributed by atoms with E-state index in [9.17, 15) is 13.2 Å². The van der Waals surface area contributed by atoms with Crippen LogP contribution in [0.15, 0.2) is 140 Å². The zero-order valence-corrected chi connectivity index (χ0v) is 32.1. The minimum absolute atomic E-state index is 0. The summed E-state index contributed by atoms with van der Waals surface area (Å²) in [7, 11) is 0. The van der Waals surface area contributed by atoms with E-state index in [0.717, 1.165) is 44.6 Å². The van der Waals surface area contributed by atoms with Crippen molar-refractivity contribution < 1.29 is 37.4 Å². The van der Waals surface area contributed by atoms with Crippen LogP contribution in [0.4, 0.5) is 24.5 Å². The minimum Gasteiger partial charge on any atom is -0.657 e. The van der Waals surface area contributed by atoms with Gasteiger partial charge in [0.25, 0.3) is 0 Å². The van der Waals surface area contributed by atoms with E-state index in [1.807, 2.05) is 127 Å². The van der Waals surface area contributed by atoms with E-state index in [0.29, 0.717) is 39.3 Å². The van der Waals surface area contributed by atoms with Crippen LogP contribution in [0, 0.1) is 0 Å². The van der Waals surface area contributed by atoms with E-state index < -0.39 is 6.36 Å². The molecule has 0 atom stereocenters. The summed E-state index contributed by atoms with van der Waals surface area (Å²) >= 11 is 0. The largest absolute Gasteiger partial charge is 2.00 e. The van der Waals surface area contributed by atoms with Crippen molar-refractivity contribution in [1.82, 2.24) is 19.9 Å². The first kappa shape index (κ1) is 35.5. The quantitative estimate of drug-likeness (QED) is 0.170. The number of benzene rings is 4. The SMILES string of the molecule is FC(F)(F)Oc1ccccc1Nc1c2nc(c(-c3ccccc3)c3ccc([n-]3)c(-c3ccccc3)c3nc(c(-c4ccccc4)c4ccc1[n-]4)C=C3)C=C2.[Zn+2]. The standard InChI is InChI=1S/C45H28F3N5O.Zn/c46-45(47,48)54-40-19-11-10-18-31(40)53-44-38-26-24-36(51-38)42(29-14-6-2-7-15-29)34-22-20-32(49-34)41(28-12-4-1-5-13-28)33-21-23-35(50-33)43(30-16-8-3-9-17-30)37-25-27-39(44)52-37;/h1-27,53H;/q-2;+2. The molecule has 0 saturated heterocycles. The summed E-state index contributed by atoms with van der Waals surface area (Å²) in [6.07, 6.45) is 2.81. The average molecular weight is 777 g/mol. The second kappa shape index (κ2) is 14.7. The first-order valence-electron chi connectivity index (χ1n) is 17.2. The average Bonchev–Trinajstić information content (AvgIpc) is 4.02. The van der Waals surface area contributed by atoms with Gasteiger partial charge in [0.05, 0.1) is 28.5 Å². The third-order valence-electron chi connectivity index (χ3n) is 9.17. The van der Waals surface area contributed by atoms with Gasteiger partial charge in [0.1, 0.15) is 0 Å². The van der Waals surface area contributed by atoms with Crippen LogP contribution in [-0.2, 0) is 19.5 Å². The zero-order valence-electron chi connectivity index (χ0n) is 29.1. The van der Waals surface area contributed by atoms with Crippen LogP contribution < -0.4 is 20.0 Å². The van der Waals surface area contributed by atoms with Crippen LogP contribution in [0.5, 0.6) is 5.75 Å². The molecule has 5 heterocycles. The van der Waals surface area contributed by atoms with Gasteiger partial charge in [-0.3, -0.25) is 0 Å². The number of ether oxygens (including phenoxy) is 1. The fourth-order valence-electron chi connectivity index (χ4n) is 6.84. The van der Waals surface area contributed by atoms with Crippen LogP contribution >= 0.6 is 0 Å². The van der Waals surface area contributed by atoms with Crippen molar-refractivity contribution in [2.45, 2.75) is 6.36 Å². The summed E-state index contributed by atoms with van der Waals surface area (Å²) in [4.78, 5) is 20.7. The van der Waals surface area contributed by atoms with Crippen LogP contribution in [0.1, 0.15) is 22.8 Å². The molecule has 0 radical (unpaired) electrons. The predicted molar refractivity (Wildman–Crippen MR) is 210 cm³/mol. The number of nitrogens with zero attached hydrogens (tertiary/aromatic N) is 4.